The third-order valence-electron chi connectivity index (χ3n) is 4.68. The zero-order valence-electron chi connectivity index (χ0n) is 15.2. The van der Waals surface area contributed by atoms with Gasteiger partial charge in [0.2, 0.25) is 0 Å². The Morgan fingerprint density at radius 2 is 1.71 bits per heavy atom. The summed E-state index contributed by atoms with van der Waals surface area (Å²) >= 11 is 0. The number of anilines is 2. The minimum Gasteiger partial charge on any atom is -0.338 e. The topological polar surface area (TPSA) is 115 Å². The number of imidazole rings is 1. The van der Waals surface area contributed by atoms with Gasteiger partial charge in [-0.3, -0.25) is 5.73 Å². The van der Waals surface area contributed by atoms with Crippen LogP contribution in [0.2, 0.25) is 0 Å². The molecule has 3 aromatic rings. The first-order valence-corrected chi connectivity index (χ1v) is 8.55. The van der Waals surface area contributed by atoms with Gasteiger partial charge in [-0.15, -0.1) is 0 Å². The minimum atomic E-state index is -0.793. The monoisotopic (exact) mass is 387 g/mol. The van der Waals surface area contributed by atoms with Crippen molar-refractivity contribution in [3.8, 4) is 0 Å². The Balaban J connectivity index is 1.84. The fourth-order valence-electron chi connectivity index (χ4n) is 3.34. The molecule has 146 valence electrons. The van der Waals surface area contributed by atoms with Gasteiger partial charge in [0.1, 0.15) is 17.8 Å². The van der Waals surface area contributed by atoms with Crippen LogP contribution in [-0.4, -0.2) is 30.8 Å². The van der Waals surface area contributed by atoms with Crippen LogP contribution in [0.5, 0.6) is 0 Å². The van der Waals surface area contributed by atoms with Crippen LogP contribution in [0.25, 0.3) is 0 Å². The molecular weight excluding hydrogens is 368 g/mol. The van der Waals surface area contributed by atoms with Crippen molar-refractivity contribution in [2.24, 2.45) is 18.5 Å². The number of pyridine rings is 1. The average molecular weight is 387 g/mol. The van der Waals surface area contributed by atoms with Gasteiger partial charge in [0.05, 0.1) is 31.0 Å². The van der Waals surface area contributed by atoms with Crippen molar-refractivity contribution in [3.05, 3.63) is 60.2 Å². The predicted molar refractivity (Wildman–Crippen MR) is 97.7 cm³/mol. The number of aryl methyl sites for hydroxylation is 1. The number of rotatable bonds is 3. The zero-order chi connectivity index (χ0) is 20.0. The fraction of sp³-hybridized carbons (Fsp3) is 0.294. The van der Waals surface area contributed by atoms with Crippen molar-refractivity contribution in [2.75, 3.05) is 9.80 Å². The molecule has 0 fully saturated rings. The van der Waals surface area contributed by atoms with Gasteiger partial charge < -0.3 is 20.1 Å². The molecule has 4 heterocycles. The van der Waals surface area contributed by atoms with Gasteiger partial charge in [-0.1, -0.05) is 0 Å². The molecule has 1 aliphatic rings. The Kier molecular flexibility index (Phi) is 4.40. The van der Waals surface area contributed by atoms with E-state index in [2.05, 4.69) is 19.9 Å². The molecule has 0 amide bonds. The summed E-state index contributed by atoms with van der Waals surface area (Å²) in [6.45, 7) is 1.80. The average Bonchev–Trinajstić information content (AvgIpc) is 3.09. The lowest BCUT2D eigenvalue weighted by Crippen LogP contribution is -2.62. The maximum absolute atomic E-state index is 13.9. The molecule has 0 saturated carbocycles. The fourth-order valence-corrected chi connectivity index (χ4v) is 3.34. The van der Waals surface area contributed by atoms with E-state index in [1.807, 2.05) is 7.05 Å². The molecule has 28 heavy (non-hydrogen) atoms. The molecule has 4 rings (SSSR count). The molecular formula is C17H19F2N9. The SMILES string of the molecule is CC(c1ncc(F)cn1)N1c2ncc(F)cc2C(N)N(c2cn(C)cn2)C1N. The summed E-state index contributed by atoms with van der Waals surface area (Å²) in [5.74, 6) is 0.210. The maximum Gasteiger partial charge on any atom is 0.159 e. The third-order valence-corrected chi connectivity index (χ3v) is 4.68. The summed E-state index contributed by atoms with van der Waals surface area (Å²) in [6, 6.07) is 0.825. The molecule has 1 aliphatic heterocycles. The molecule has 11 heteroatoms. The van der Waals surface area contributed by atoms with Gasteiger partial charge in [0.25, 0.3) is 0 Å². The molecule has 0 radical (unpaired) electrons. The molecule has 0 aliphatic carbocycles. The van der Waals surface area contributed by atoms with E-state index >= 15 is 0 Å². The first-order chi connectivity index (χ1) is 13.4. The smallest absolute Gasteiger partial charge is 0.159 e. The largest absolute Gasteiger partial charge is 0.338 e. The predicted octanol–water partition coefficient (Wildman–Crippen LogP) is 1.17. The second-order valence-corrected chi connectivity index (χ2v) is 6.57. The van der Waals surface area contributed by atoms with Crippen LogP contribution in [-0.2, 0) is 7.05 Å². The van der Waals surface area contributed by atoms with Gasteiger partial charge in [-0.25, -0.2) is 28.7 Å². The van der Waals surface area contributed by atoms with Crippen LogP contribution in [0.3, 0.4) is 0 Å². The number of hydrogen-bond acceptors (Lipinski definition) is 8. The standard InChI is InChI=1S/C17H19F2N9/c1-9(15-22-5-11(19)6-23-15)27-16-12(3-10(18)4-24-16)14(20)28(17(27)21)13-7-26(2)8-25-13/h3-9,14,17H,20-21H2,1-2H3. The van der Waals surface area contributed by atoms with Gasteiger partial charge in [0, 0.05) is 18.8 Å². The summed E-state index contributed by atoms with van der Waals surface area (Å²) in [7, 11) is 1.82. The minimum absolute atomic E-state index is 0.338. The first-order valence-electron chi connectivity index (χ1n) is 8.55. The number of nitrogens with two attached hydrogens (primary N) is 2. The van der Waals surface area contributed by atoms with E-state index in [9.17, 15) is 8.78 Å². The number of hydrogen-bond donors (Lipinski definition) is 2. The maximum atomic E-state index is 13.9. The van der Waals surface area contributed by atoms with Crippen molar-refractivity contribution in [3.63, 3.8) is 0 Å². The molecule has 3 atom stereocenters. The molecule has 0 spiro atoms. The summed E-state index contributed by atoms with van der Waals surface area (Å²) in [4.78, 5) is 20.0. The Morgan fingerprint density at radius 3 is 2.36 bits per heavy atom. The summed E-state index contributed by atoms with van der Waals surface area (Å²) < 4.78 is 28.9. The Bertz CT molecular complexity index is 991. The second kappa shape index (κ2) is 6.77. The van der Waals surface area contributed by atoms with Crippen molar-refractivity contribution in [2.45, 2.75) is 25.4 Å². The molecule has 0 bridgehead atoms. The van der Waals surface area contributed by atoms with Crippen LogP contribution in [0, 0.1) is 11.6 Å². The summed E-state index contributed by atoms with van der Waals surface area (Å²) in [5, 5.41) is 0. The van der Waals surface area contributed by atoms with Gasteiger partial charge in [0.15, 0.2) is 23.7 Å². The lowest BCUT2D eigenvalue weighted by atomic mass is 10.1. The van der Waals surface area contributed by atoms with Crippen molar-refractivity contribution in [1.82, 2.24) is 24.5 Å². The molecule has 3 aromatic heterocycles. The molecule has 0 saturated heterocycles. The summed E-state index contributed by atoms with van der Waals surface area (Å²) in [6.07, 6.45) is 5.07. The lowest BCUT2D eigenvalue weighted by Gasteiger charge is -2.48. The van der Waals surface area contributed by atoms with Crippen LogP contribution in [0.4, 0.5) is 20.4 Å². The van der Waals surface area contributed by atoms with Crippen molar-refractivity contribution < 1.29 is 8.78 Å². The Morgan fingerprint density at radius 1 is 1.04 bits per heavy atom. The highest BCUT2D eigenvalue weighted by Crippen LogP contribution is 2.39. The first kappa shape index (κ1) is 18.2. The summed E-state index contributed by atoms with van der Waals surface area (Å²) in [5.41, 5.74) is 13.4. The number of halogens is 2. The van der Waals surface area contributed by atoms with E-state index < -0.39 is 30.1 Å². The van der Waals surface area contributed by atoms with Gasteiger partial charge >= 0.3 is 0 Å². The number of nitrogens with zero attached hydrogens (tertiary/aromatic N) is 7. The van der Waals surface area contributed by atoms with Crippen LogP contribution >= 0.6 is 0 Å². The molecule has 4 N–H and O–H groups in total. The Labute approximate surface area is 159 Å². The second-order valence-electron chi connectivity index (χ2n) is 6.57. The van der Waals surface area contributed by atoms with E-state index in [1.165, 1.54) is 6.07 Å². The van der Waals surface area contributed by atoms with Gasteiger partial charge in [-0.2, -0.15) is 0 Å². The number of fused-ring (bicyclic) bond motifs is 1. The number of aromatic nitrogens is 5. The van der Waals surface area contributed by atoms with E-state index in [0.29, 0.717) is 23.0 Å². The zero-order valence-corrected chi connectivity index (χ0v) is 15.2. The Hall–Kier alpha value is -3.18. The quantitative estimate of drug-likeness (QED) is 0.688. The van der Waals surface area contributed by atoms with E-state index in [-0.39, 0.29) is 0 Å². The van der Waals surface area contributed by atoms with Crippen molar-refractivity contribution >= 4 is 11.6 Å². The van der Waals surface area contributed by atoms with Crippen molar-refractivity contribution in [1.29, 1.82) is 0 Å². The highest BCUT2D eigenvalue weighted by atomic mass is 19.1. The van der Waals surface area contributed by atoms with Crippen LogP contribution < -0.4 is 21.3 Å². The highest BCUT2D eigenvalue weighted by Gasteiger charge is 2.40. The molecule has 9 nitrogen and oxygen atoms in total. The molecule has 3 unspecified atom stereocenters. The van der Waals surface area contributed by atoms with Gasteiger partial charge in [-0.05, 0) is 13.0 Å². The third kappa shape index (κ3) is 2.94. The van der Waals surface area contributed by atoms with Crippen LogP contribution in [0.15, 0.2) is 37.2 Å². The highest BCUT2D eigenvalue weighted by molar-refractivity contribution is 5.59. The normalized spacial score (nSPS) is 20.2. The molecule has 0 aromatic carbocycles. The van der Waals surface area contributed by atoms with Crippen LogP contribution in [0.1, 0.15) is 30.5 Å². The van der Waals surface area contributed by atoms with E-state index in [0.717, 1.165) is 18.6 Å². The van der Waals surface area contributed by atoms with E-state index in [4.69, 9.17) is 11.5 Å². The van der Waals surface area contributed by atoms with E-state index in [1.54, 1.807) is 33.8 Å². The lowest BCUT2D eigenvalue weighted by molar-refractivity contribution is 0.429.